The van der Waals surface area contributed by atoms with Crippen LogP contribution in [0.2, 0.25) is 0 Å². The highest BCUT2D eigenvalue weighted by Gasteiger charge is 2.65. The summed E-state index contributed by atoms with van der Waals surface area (Å²) in [6, 6.07) is 31.0. The number of carbonyl (C=O) groups excluding carboxylic acids is 2. The molecule has 16 nitrogen and oxygen atoms in total. The average Bonchev–Trinajstić information content (AvgIpc) is 3.94. The van der Waals surface area contributed by atoms with Gasteiger partial charge < -0.3 is 48.4 Å². The van der Waals surface area contributed by atoms with Crippen LogP contribution in [0.4, 0.5) is 5.69 Å². The number of nitrogens with zero attached hydrogens (tertiary/aromatic N) is 3. The number of benzene rings is 5. The summed E-state index contributed by atoms with van der Waals surface area (Å²) in [5.74, 6) is -0.191. The molecule has 390 valence electrons. The molecule has 2 aliphatic carbocycles. The molecule has 6 atom stereocenters. The zero-order valence-electron chi connectivity index (χ0n) is 41.8. The number of fused-ring (bicyclic) bond motifs is 3. The van der Waals surface area contributed by atoms with Crippen molar-refractivity contribution in [2.24, 2.45) is 22.9 Å². The quantitative estimate of drug-likeness (QED) is 0.0148. The van der Waals surface area contributed by atoms with Crippen LogP contribution in [0.15, 0.2) is 145 Å². The number of aldehydes is 1. The number of aliphatic hydroxyl groups excluding tert-OH is 2. The number of allylic oxidation sites excluding steroid dienone is 1. The number of carbonyl (C=O) groups is 2. The lowest BCUT2D eigenvalue weighted by molar-refractivity contribution is -0.384. The zero-order chi connectivity index (χ0) is 52.3. The normalized spacial score (nSPS) is 21.6. The second kappa shape index (κ2) is 24.0. The minimum atomic E-state index is -1.61. The van der Waals surface area contributed by atoms with E-state index in [-0.39, 0.29) is 69.6 Å². The largest absolute Gasteiger partial charge is 0.496 e. The van der Waals surface area contributed by atoms with Crippen molar-refractivity contribution in [1.82, 2.24) is 4.90 Å². The van der Waals surface area contributed by atoms with Crippen molar-refractivity contribution in [3.8, 4) is 34.5 Å². The Morgan fingerprint density at radius 2 is 1.64 bits per heavy atom. The Kier molecular flexibility index (Phi) is 16.7. The molecule has 0 bridgehead atoms. The number of hydrogen-bond donors (Lipinski definition) is 2. The van der Waals surface area contributed by atoms with Crippen molar-refractivity contribution in [2.45, 2.75) is 75.8 Å². The summed E-state index contributed by atoms with van der Waals surface area (Å²) in [6.45, 7) is 4.46. The van der Waals surface area contributed by atoms with Gasteiger partial charge in [0, 0.05) is 55.9 Å². The number of unbranched alkanes of at least 4 members (excludes halogenated alkanes) is 2. The molecule has 0 saturated heterocycles. The van der Waals surface area contributed by atoms with Crippen LogP contribution in [-0.2, 0) is 27.5 Å². The van der Waals surface area contributed by atoms with Gasteiger partial charge in [0.05, 0.1) is 35.8 Å². The minimum absolute atomic E-state index is 0.0216. The summed E-state index contributed by atoms with van der Waals surface area (Å²) in [5.41, 5.74) is 4.75. The maximum Gasteiger partial charge on any atom is 0.269 e. The van der Waals surface area contributed by atoms with E-state index in [0.29, 0.717) is 83.3 Å². The van der Waals surface area contributed by atoms with Crippen LogP contribution in [0.25, 0.3) is 6.08 Å². The highest BCUT2D eigenvalue weighted by atomic mass is 16.7. The molecular weight excluding hydrogens is 959 g/mol. The van der Waals surface area contributed by atoms with Crippen LogP contribution in [0, 0.1) is 27.9 Å². The number of rotatable bonds is 24. The molecular formula is C59H61N3O13. The number of hydrogen-bond acceptors (Lipinski definition) is 14. The Balaban J connectivity index is 1.24. The van der Waals surface area contributed by atoms with Gasteiger partial charge in [-0.2, -0.15) is 0 Å². The summed E-state index contributed by atoms with van der Waals surface area (Å²) in [6.07, 6.45) is 11.9. The number of methoxy groups -OCH3 is 1. The summed E-state index contributed by atoms with van der Waals surface area (Å²) in [5, 5.41) is 36.7. The highest BCUT2D eigenvalue weighted by Crippen LogP contribution is 2.62. The average molecular weight is 1020 g/mol. The fourth-order valence-corrected chi connectivity index (χ4v) is 11.0. The fourth-order valence-electron chi connectivity index (χ4n) is 11.0. The Hall–Kier alpha value is -7.79. The van der Waals surface area contributed by atoms with E-state index in [2.05, 4.69) is 12.7 Å². The first-order chi connectivity index (χ1) is 36.7. The number of amides is 1. The Morgan fingerprint density at radius 1 is 0.893 bits per heavy atom. The fraction of sp³-hybridized carbons (Fsp3) is 0.339. The minimum Gasteiger partial charge on any atom is -0.496 e. The molecule has 2 heterocycles. The van der Waals surface area contributed by atoms with Crippen LogP contribution >= 0.6 is 0 Å². The molecule has 2 N–H and O–H groups in total. The van der Waals surface area contributed by atoms with Crippen LogP contribution in [0.1, 0.15) is 83.5 Å². The van der Waals surface area contributed by atoms with Gasteiger partial charge in [-0.3, -0.25) is 19.7 Å². The lowest BCUT2D eigenvalue weighted by Gasteiger charge is -2.60. The monoisotopic (exact) mass is 1020 g/mol. The van der Waals surface area contributed by atoms with Gasteiger partial charge in [-0.05, 0) is 127 Å². The first kappa shape index (κ1) is 52.1. The van der Waals surface area contributed by atoms with E-state index in [0.717, 1.165) is 35.1 Å². The lowest BCUT2D eigenvalue weighted by atomic mass is 9.55. The summed E-state index contributed by atoms with van der Waals surface area (Å²) < 4.78 is 38.1. The molecule has 4 aliphatic rings. The summed E-state index contributed by atoms with van der Waals surface area (Å²) in [7, 11) is 1.50. The van der Waals surface area contributed by atoms with E-state index in [1.54, 1.807) is 53.5 Å². The molecule has 1 fully saturated rings. The predicted molar refractivity (Wildman–Crippen MR) is 280 cm³/mol. The van der Waals surface area contributed by atoms with Gasteiger partial charge in [-0.25, -0.2) is 0 Å². The Labute approximate surface area is 435 Å². The Morgan fingerprint density at radius 3 is 2.39 bits per heavy atom. The number of oxime groups is 1. The molecule has 16 heteroatoms. The van der Waals surface area contributed by atoms with Gasteiger partial charge in [-0.1, -0.05) is 66.5 Å². The molecule has 9 rings (SSSR count). The number of nitro groups is 1. The van der Waals surface area contributed by atoms with Gasteiger partial charge in [0.2, 0.25) is 18.5 Å². The third kappa shape index (κ3) is 11.5. The molecule has 1 saturated carbocycles. The van der Waals surface area contributed by atoms with Gasteiger partial charge in [0.25, 0.3) is 5.69 Å². The SMILES string of the molecule is C=CCO[C@@]12Oc3ccc(Oc4ccc(OC)c(C=O)c4)cc3[C@H]3[C@H](CCCCO)[C@@H](CCCCO)C=C(C(=NOCc4ccccc4)C[C@@H]1N(Cc1ccc4c(c1)OCO4)C(=O)C=Cc1ccc([N+](=O)[O-])cc1)[C@H]32. The van der Waals surface area contributed by atoms with E-state index in [4.69, 9.17) is 38.4 Å². The summed E-state index contributed by atoms with van der Waals surface area (Å²) in [4.78, 5) is 46.6. The molecule has 5 aromatic rings. The number of nitro benzene ring substituents is 1. The maximum atomic E-state index is 15.4. The van der Waals surface area contributed by atoms with E-state index >= 15 is 4.79 Å². The van der Waals surface area contributed by atoms with Gasteiger partial charge in [-0.15, -0.1) is 6.58 Å². The van der Waals surface area contributed by atoms with E-state index in [1.165, 1.54) is 25.3 Å². The van der Waals surface area contributed by atoms with E-state index in [1.807, 2.05) is 60.7 Å². The first-order valence-electron chi connectivity index (χ1n) is 25.3. The second-order valence-electron chi connectivity index (χ2n) is 19.0. The van der Waals surface area contributed by atoms with Gasteiger partial charge >= 0.3 is 0 Å². The predicted octanol–water partition coefficient (Wildman–Crippen LogP) is 10.5. The van der Waals surface area contributed by atoms with Crippen molar-refractivity contribution in [3.63, 3.8) is 0 Å². The van der Waals surface area contributed by atoms with Crippen molar-refractivity contribution in [1.29, 1.82) is 0 Å². The van der Waals surface area contributed by atoms with Gasteiger partial charge in [0.15, 0.2) is 17.8 Å². The maximum absolute atomic E-state index is 15.4. The smallest absolute Gasteiger partial charge is 0.269 e. The standard InChI is InChI=1S/C59H61N3O13/c1-3-29-72-59-55(61(35-41-17-23-53-54(30-41)71-38-70-53)56(66)26-18-39-15-19-44(20-16-39)62(67)68)34-50(60-73-37-40-11-5-4-6-12-40)48-32-42(13-7-9-27-63)47(14-8-10-28-64)57(58(48)59)49-33-46(22-25-52(49)75-59)74-45-21-24-51(69-2)43(31-45)36-65/h3-6,11-12,15-26,30-33,36,42,47,55,57-58,63-64H,1,7-10,13-14,27-29,34-35,37-38H2,2H3/t42-,47+,55-,57+,58+,59+/m0/s1. The third-order valence-corrected chi connectivity index (χ3v) is 14.4. The van der Waals surface area contributed by atoms with Crippen LogP contribution in [0.5, 0.6) is 34.5 Å². The molecule has 1 amide bonds. The van der Waals surface area contributed by atoms with Crippen molar-refractivity contribution in [2.75, 3.05) is 33.7 Å². The third-order valence-electron chi connectivity index (χ3n) is 14.4. The lowest BCUT2D eigenvalue weighted by Crippen LogP contribution is -2.70. The van der Waals surface area contributed by atoms with Crippen LogP contribution in [0.3, 0.4) is 0 Å². The number of aliphatic hydroxyl groups is 2. The van der Waals surface area contributed by atoms with Crippen LogP contribution < -0.4 is 23.7 Å². The molecule has 0 radical (unpaired) electrons. The molecule has 75 heavy (non-hydrogen) atoms. The van der Waals surface area contributed by atoms with E-state index in [9.17, 15) is 25.1 Å². The topological polar surface area (TPSA) is 198 Å². The molecule has 2 aliphatic heterocycles. The van der Waals surface area contributed by atoms with Crippen molar-refractivity contribution in [3.05, 3.63) is 178 Å². The van der Waals surface area contributed by atoms with Gasteiger partial charge in [0.1, 0.15) is 35.6 Å². The summed E-state index contributed by atoms with van der Waals surface area (Å²) >= 11 is 0. The first-order valence-corrected chi connectivity index (χ1v) is 25.3. The van der Waals surface area contributed by atoms with E-state index < -0.39 is 28.6 Å². The second-order valence-corrected chi connectivity index (χ2v) is 19.0. The van der Waals surface area contributed by atoms with Crippen molar-refractivity contribution < 1.29 is 58.0 Å². The Bertz CT molecular complexity index is 2940. The molecule has 0 aromatic heterocycles. The van der Waals surface area contributed by atoms with Crippen LogP contribution in [-0.4, -0.2) is 83.5 Å². The molecule has 0 unspecified atom stereocenters. The number of non-ortho nitro benzene ring substituents is 1. The zero-order valence-corrected chi connectivity index (χ0v) is 41.8. The molecule has 0 spiro atoms. The molecule has 5 aromatic carbocycles. The highest BCUT2D eigenvalue weighted by molar-refractivity contribution is 6.03. The number of ether oxygens (including phenoxy) is 6. The van der Waals surface area contributed by atoms with Crippen molar-refractivity contribution >= 4 is 29.7 Å².